The predicted octanol–water partition coefficient (Wildman–Crippen LogP) is 2.67. The Hall–Kier alpha value is -2.63. The van der Waals surface area contributed by atoms with Gasteiger partial charge in [-0.3, -0.25) is 10.1 Å². The third kappa shape index (κ3) is 2.54. The van der Waals surface area contributed by atoms with Gasteiger partial charge in [-0.25, -0.2) is 4.98 Å². The lowest BCUT2D eigenvalue weighted by molar-refractivity contribution is -0.385. The maximum atomic E-state index is 10.6. The summed E-state index contributed by atoms with van der Waals surface area (Å²) in [5.41, 5.74) is 6.65. The van der Waals surface area contributed by atoms with Gasteiger partial charge in [-0.1, -0.05) is 6.07 Å². The smallest absolute Gasteiger partial charge is 0.290 e. The Bertz CT molecular complexity index is 599. The summed E-state index contributed by atoms with van der Waals surface area (Å²) in [7, 11) is 0. The van der Waals surface area contributed by atoms with Crippen LogP contribution in [0.5, 0.6) is 11.6 Å². The molecule has 0 radical (unpaired) electrons. The average Bonchev–Trinajstić information content (AvgIpc) is 2.28. The maximum Gasteiger partial charge on any atom is 0.290 e. The molecule has 0 aliphatic heterocycles. The van der Waals surface area contributed by atoms with Crippen molar-refractivity contribution >= 4 is 11.4 Å². The molecule has 0 bridgehead atoms. The van der Waals surface area contributed by atoms with Crippen molar-refractivity contribution in [3.05, 3.63) is 52.2 Å². The Balaban J connectivity index is 2.25. The highest BCUT2D eigenvalue weighted by Crippen LogP contribution is 2.25. The van der Waals surface area contributed by atoms with E-state index < -0.39 is 4.92 Å². The summed E-state index contributed by atoms with van der Waals surface area (Å²) in [6, 6.07) is 8.39. The largest absolute Gasteiger partial charge is 0.439 e. The molecule has 0 aliphatic carbocycles. The van der Waals surface area contributed by atoms with Gasteiger partial charge in [0.25, 0.3) is 5.69 Å². The number of rotatable bonds is 3. The molecular weight excluding hydrogens is 234 g/mol. The summed E-state index contributed by atoms with van der Waals surface area (Å²) in [6.45, 7) is 1.63. The first kappa shape index (κ1) is 11.8. The number of nitrogens with zero attached hydrogens (tertiary/aromatic N) is 2. The molecule has 2 rings (SSSR count). The van der Waals surface area contributed by atoms with E-state index >= 15 is 0 Å². The van der Waals surface area contributed by atoms with Gasteiger partial charge >= 0.3 is 0 Å². The van der Waals surface area contributed by atoms with Crippen molar-refractivity contribution in [3.8, 4) is 11.6 Å². The molecule has 0 aliphatic rings. The van der Waals surface area contributed by atoms with Gasteiger partial charge in [-0.05, 0) is 19.1 Å². The summed E-state index contributed by atoms with van der Waals surface area (Å²) < 4.78 is 5.46. The van der Waals surface area contributed by atoms with Crippen LogP contribution in [0.25, 0.3) is 0 Å². The van der Waals surface area contributed by atoms with E-state index in [1.807, 2.05) is 0 Å². The monoisotopic (exact) mass is 245 g/mol. The van der Waals surface area contributed by atoms with Gasteiger partial charge in [0, 0.05) is 23.4 Å². The molecule has 2 N–H and O–H groups in total. The van der Waals surface area contributed by atoms with Crippen LogP contribution in [-0.2, 0) is 0 Å². The first-order chi connectivity index (χ1) is 8.56. The van der Waals surface area contributed by atoms with Gasteiger partial charge in [0.05, 0.1) is 4.92 Å². The van der Waals surface area contributed by atoms with Crippen LogP contribution in [0.2, 0.25) is 0 Å². The summed E-state index contributed by atoms with van der Waals surface area (Å²) >= 11 is 0. The molecule has 2 aromatic rings. The summed E-state index contributed by atoms with van der Waals surface area (Å²) in [5, 5.41) is 10.6. The van der Waals surface area contributed by atoms with E-state index in [4.69, 9.17) is 10.5 Å². The van der Waals surface area contributed by atoms with Crippen LogP contribution in [0.15, 0.2) is 36.5 Å². The standard InChI is InChI=1S/C12H11N3O3/c1-8-5-12(14-7-11(8)15(16)17)18-10-4-2-3-9(13)6-10/h2-7H,13H2,1H3. The zero-order valence-corrected chi connectivity index (χ0v) is 9.66. The lowest BCUT2D eigenvalue weighted by Gasteiger charge is -2.05. The van der Waals surface area contributed by atoms with Crippen LogP contribution >= 0.6 is 0 Å². The number of pyridine rings is 1. The number of anilines is 1. The first-order valence-corrected chi connectivity index (χ1v) is 5.20. The molecule has 1 aromatic carbocycles. The van der Waals surface area contributed by atoms with Crippen molar-refractivity contribution in [1.29, 1.82) is 0 Å². The van der Waals surface area contributed by atoms with Crippen LogP contribution in [0.1, 0.15) is 5.56 Å². The van der Waals surface area contributed by atoms with Crippen LogP contribution in [-0.4, -0.2) is 9.91 Å². The summed E-state index contributed by atoms with van der Waals surface area (Å²) in [5.74, 6) is 0.833. The molecule has 1 heterocycles. The van der Waals surface area contributed by atoms with E-state index in [0.717, 1.165) is 0 Å². The molecule has 0 fully saturated rings. The molecule has 6 nitrogen and oxygen atoms in total. The first-order valence-electron chi connectivity index (χ1n) is 5.20. The highest BCUT2D eigenvalue weighted by molar-refractivity contribution is 5.45. The number of hydrogen-bond acceptors (Lipinski definition) is 5. The van der Waals surface area contributed by atoms with Gasteiger partial charge < -0.3 is 10.5 Å². The topological polar surface area (TPSA) is 91.3 Å². The fourth-order valence-electron chi connectivity index (χ4n) is 1.47. The summed E-state index contributed by atoms with van der Waals surface area (Å²) in [4.78, 5) is 14.0. The maximum absolute atomic E-state index is 10.6. The second kappa shape index (κ2) is 4.70. The van der Waals surface area contributed by atoms with E-state index in [9.17, 15) is 10.1 Å². The number of aryl methyl sites for hydroxylation is 1. The van der Waals surface area contributed by atoms with E-state index in [1.165, 1.54) is 12.3 Å². The van der Waals surface area contributed by atoms with Crippen LogP contribution in [0, 0.1) is 17.0 Å². The third-order valence-electron chi connectivity index (χ3n) is 2.34. The minimum atomic E-state index is -0.480. The SMILES string of the molecule is Cc1cc(Oc2cccc(N)c2)ncc1[N+](=O)[O-]. The third-order valence-corrected chi connectivity index (χ3v) is 2.34. The van der Waals surface area contributed by atoms with Crippen molar-refractivity contribution in [2.24, 2.45) is 0 Å². The van der Waals surface area contributed by atoms with E-state index in [1.54, 1.807) is 31.2 Å². The number of hydrogen-bond donors (Lipinski definition) is 1. The molecule has 18 heavy (non-hydrogen) atoms. The zero-order chi connectivity index (χ0) is 13.1. The quantitative estimate of drug-likeness (QED) is 0.510. The Morgan fingerprint density at radius 2 is 2.17 bits per heavy atom. The van der Waals surface area contributed by atoms with Crippen molar-refractivity contribution in [1.82, 2.24) is 4.98 Å². The lowest BCUT2D eigenvalue weighted by atomic mass is 10.2. The normalized spacial score (nSPS) is 10.1. The molecule has 92 valence electrons. The van der Waals surface area contributed by atoms with Gasteiger partial charge in [0.1, 0.15) is 11.9 Å². The Morgan fingerprint density at radius 3 is 2.78 bits per heavy atom. The Labute approximate surface area is 103 Å². The fraction of sp³-hybridized carbons (Fsp3) is 0.0833. The van der Waals surface area contributed by atoms with E-state index in [2.05, 4.69) is 4.98 Å². The van der Waals surface area contributed by atoms with Gasteiger partial charge in [0.15, 0.2) is 0 Å². The van der Waals surface area contributed by atoms with Crippen molar-refractivity contribution < 1.29 is 9.66 Å². The number of nitrogen functional groups attached to an aromatic ring is 1. The lowest BCUT2D eigenvalue weighted by Crippen LogP contribution is -1.95. The van der Waals surface area contributed by atoms with E-state index in [0.29, 0.717) is 22.9 Å². The Kier molecular flexibility index (Phi) is 3.09. The molecule has 1 aromatic heterocycles. The predicted molar refractivity (Wildman–Crippen MR) is 66.6 cm³/mol. The molecule has 0 saturated heterocycles. The number of benzene rings is 1. The number of aromatic nitrogens is 1. The minimum Gasteiger partial charge on any atom is -0.439 e. The van der Waals surface area contributed by atoms with Gasteiger partial charge in [-0.2, -0.15) is 0 Å². The van der Waals surface area contributed by atoms with Crippen molar-refractivity contribution in [3.63, 3.8) is 0 Å². The number of nitro groups is 1. The van der Waals surface area contributed by atoms with Crippen molar-refractivity contribution in [2.75, 3.05) is 5.73 Å². The molecule has 0 amide bonds. The molecule has 0 unspecified atom stereocenters. The zero-order valence-electron chi connectivity index (χ0n) is 9.66. The van der Waals surface area contributed by atoms with Crippen LogP contribution < -0.4 is 10.5 Å². The second-order valence-corrected chi connectivity index (χ2v) is 3.74. The molecule has 6 heteroatoms. The van der Waals surface area contributed by atoms with Crippen molar-refractivity contribution in [2.45, 2.75) is 6.92 Å². The van der Waals surface area contributed by atoms with Gasteiger partial charge in [-0.15, -0.1) is 0 Å². The van der Waals surface area contributed by atoms with E-state index in [-0.39, 0.29) is 5.69 Å². The minimum absolute atomic E-state index is 0.0325. The van der Waals surface area contributed by atoms with Crippen LogP contribution in [0.4, 0.5) is 11.4 Å². The highest BCUT2D eigenvalue weighted by Gasteiger charge is 2.12. The van der Waals surface area contributed by atoms with Gasteiger partial charge in [0.2, 0.25) is 5.88 Å². The highest BCUT2D eigenvalue weighted by atomic mass is 16.6. The molecule has 0 atom stereocenters. The number of nitrogens with two attached hydrogens (primary N) is 1. The van der Waals surface area contributed by atoms with Crippen LogP contribution in [0.3, 0.4) is 0 Å². The summed E-state index contributed by atoms with van der Waals surface area (Å²) in [6.07, 6.45) is 1.18. The molecule has 0 spiro atoms. The number of ether oxygens (including phenoxy) is 1. The molecule has 0 saturated carbocycles. The Morgan fingerprint density at radius 1 is 1.39 bits per heavy atom. The fourth-order valence-corrected chi connectivity index (χ4v) is 1.47. The second-order valence-electron chi connectivity index (χ2n) is 3.74. The molecular formula is C12H11N3O3. The average molecular weight is 245 g/mol.